The standard InChI is InChI=1S/C10H10BrClFN/c1-7(12)5-14-6-8-2-3-9(11)10(13)4-8/h2-4,14H,1,5-6H2. The molecule has 1 N–H and O–H groups in total. The van der Waals surface area contributed by atoms with Gasteiger partial charge < -0.3 is 5.32 Å². The van der Waals surface area contributed by atoms with Crippen molar-refractivity contribution in [3.05, 3.63) is 45.7 Å². The van der Waals surface area contributed by atoms with Crippen molar-refractivity contribution >= 4 is 27.5 Å². The third-order valence-electron chi connectivity index (χ3n) is 1.63. The third-order valence-corrected chi connectivity index (χ3v) is 2.41. The van der Waals surface area contributed by atoms with Crippen LogP contribution in [0.15, 0.2) is 34.3 Å². The molecule has 0 aromatic heterocycles. The summed E-state index contributed by atoms with van der Waals surface area (Å²) >= 11 is 8.65. The number of hydrogen-bond acceptors (Lipinski definition) is 1. The largest absolute Gasteiger partial charge is 0.308 e. The molecule has 0 unspecified atom stereocenters. The minimum absolute atomic E-state index is 0.256. The molecule has 0 amide bonds. The molecule has 0 radical (unpaired) electrons. The van der Waals surface area contributed by atoms with Crippen LogP contribution in [0.1, 0.15) is 5.56 Å². The first-order valence-electron chi connectivity index (χ1n) is 4.07. The zero-order valence-electron chi connectivity index (χ0n) is 7.49. The minimum atomic E-state index is -0.256. The topological polar surface area (TPSA) is 12.0 Å². The van der Waals surface area contributed by atoms with Crippen LogP contribution in [0.25, 0.3) is 0 Å². The second-order valence-electron chi connectivity index (χ2n) is 2.87. The quantitative estimate of drug-likeness (QED) is 0.890. The van der Waals surface area contributed by atoms with Crippen molar-refractivity contribution in [2.45, 2.75) is 6.54 Å². The average molecular weight is 279 g/mol. The Morgan fingerprint density at radius 3 is 2.86 bits per heavy atom. The van der Waals surface area contributed by atoms with Gasteiger partial charge in [-0.2, -0.15) is 0 Å². The van der Waals surface area contributed by atoms with Crippen molar-refractivity contribution in [2.24, 2.45) is 0 Å². The van der Waals surface area contributed by atoms with Crippen molar-refractivity contribution in [1.29, 1.82) is 0 Å². The van der Waals surface area contributed by atoms with Crippen molar-refractivity contribution in [2.75, 3.05) is 6.54 Å². The Balaban J connectivity index is 2.51. The van der Waals surface area contributed by atoms with Crippen LogP contribution >= 0.6 is 27.5 Å². The van der Waals surface area contributed by atoms with Crippen LogP contribution in [0.5, 0.6) is 0 Å². The first-order valence-corrected chi connectivity index (χ1v) is 5.24. The first kappa shape index (κ1) is 11.7. The minimum Gasteiger partial charge on any atom is -0.308 e. The molecule has 1 aromatic rings. The van der Waals surface area contributed by atoms with E-state index in [0.717, 1.165) is 5.56 Å². The lowest BCUT2D eigenvalue weighted by Gasteiger charge is -2.04. The van der Waals surface area contributed by atoms with E-state index in [2.05, 4.69) is 27.8 Å². The fraction of sp³-hybridized carbons (Fsp3) is 0.200. The molecule has 1 rings (SSSR count). The van der Waals surface area contributed by atoms with Gasteiger partial charge >= 0.3 is 0 Å². The lowest BCUT2D eigenvalue weighted by molar-refractivity contribution is 0.616. The van der Waals surface area contributed by atoms with Gasteiger partial charge in [0.05, 0.1) is 4.47 Å². The highest BCUT2D eigenvalue weighted by Gasteiger charge is 2.00. The van der Waals surface area contributed by atoms with E-state index < -0.39 is 0 Å². The summed E-state index contributed by atoms with van der Waals surface area (Å²) in [6, 6.07) is 5.01. The van der Waals surface area contributed by atoms with Gasteiger partial charge in [-0.1, -0.05) is 24.2 Å². The van der Waals surface area contributed by atoms with Gasteiger partial charge in [-0.25, -0.2) is 4.39 Å². The van der Waals surface area contributed by atoms with Crippen LogP contribution in [0.3, 0.4) is 0 Å². The number of nitrogens with one attached hydrogen (secondary N) is 1. The van der Waals surface area contributed by atoms with Gasteiger partial charge in [-0.15, -0.1) is 0 Å². The average Bonchev–Trinajstić information content (AvgIpc) is 2.10. The van der Waals surface area contributed by atoms with Crippen LogP contribution in [0.4, 0.5) is 4.39 Å². The highest BCUT2D eigenvalue weighted by molar-refractivity contribution is 9.10. The summed E-state index contributed by atoms with van der Waals surface area (Å²) in [5.74, 6) is -0.256. The fourth-order valence-electron chi connectivity index (χ4n) is 0.992. The van der Waals surface area contributed by atoms with Crippen LogP contribution < -0.4 is 5.32 Å². The number of hydrogen-bond donors (Lipinski definition) is 1. The molecule has 0 spiro atoms. The van der Waals surface area contributed by atoms with E-state index in [4.69, 9.17) is 11.6 Å². The molecule has 0 aliphatic rings. The first-order chi connectivity index (χ1) is 6.59. The molecule has 14 heavy (non-hydrogen) atoms. The molecule has 1 nitrogen and oxygen atoms in total. The van der Waals surface area contributed by atoms with Crippen molar-refractivity contribution in [3.8, 4) is 0 Å². The van der Waals surface area contributed by atoms with E-state index in [1.807, 2.05) is 6.07 Å². The highest BCUT2D eigenvalue weighted by atomic mass is 79.9. The van der Waals surface area contributed by atoms with E-state index >= 15 is 0 Å². The van der Waals surface area contributed by atoms with Gasteiger partial charge in [-0.05, 0) is 33.6 Å². The summed E-state index contributed by atoms with van der Waals surface area (Å²) in [6.07, 6.45) is 0. The van der Waals surface area contributed by atoms with Gasteiger partial charge in [0.1, 0.15) is 5.82 Å². The summed E-state index contributed by atoms with van der Waals surface area (Å²) in [4.78, 5) is 0. The van der Waals surface area contributed by atoms with Gasteiger partial charge in [0.2, 0.25) is 0 Å². The Labute approximate surface area is 96.1 Å². The predicted octanol–water partition coefficient (Wildman–Crippen LogP) is 3.43. The zero-order valence-corrected chi connectivity index (χ0v) is 9.83. The molecule has 0 atom stereocenters. The molecule has 0 aliphatic heterocycles. The maximum atomic E-state index is 13.0. The smallest absolute Gasteiger partial charge is 0.137 e. The van der Waals surface area contributed by atoms with E-state index in [9.17, 15) is 4.39 Å². The maximum Gasteiger partial charge on any atom is 0.137 e. The maximum absolute atomic E-state index is 13.0. The normalized spacial score (nSPS) is 10.2. The molecule has 0 bridgehead atoms. The van der Waals surface area contributed by atoms with Gasteiger partial charge in [0.25, 0.3) is 0 Å². The summed E-state index contributed by atoms with van der Waals surface area (Å²) in [5, 5.41) is 3.58. The molecule has 76 valence electrons. The second kappa shape index (κ2) is 5.49. The second-order valence-corrected chi connectivity index (χ2v) is 4.26. The van der Waals surface area contributed by atoms with Crippen molar-refractivity contribution in [3.63, 3.8) is 0 Å². The van der Waals surface area contributed by atoms with Gasteiger partial charge in [0, 0.05) is 18.1 Å². The van der Waals surface area contributed by atoms with Gasteiger partial charge in [0.15, 0.2) is 0 Å². The molecule has 1 aromatic carbocycles. The monoisotopic (exact) mass is 277 g/mol. The molecule has 0 aliphatic carbocycles. The highest BCUT2D eigenvalue weighted by Crippen LogP contribution is 2.16. The summed E-state index contributed by atoms with van der Waals surface area (Å²) in [7, 11) is 0. The molecular formula is C10H10BrClFN. The molecule has 0 heterocycles. The predicted molar refractivity (Wildman–Crippen MR) is 60.8 cm³/mol. The van der Waals surface area contributed by atoms with Crippen LogP contribution in [0.2, 0.25) is 0 Å². The van der Waals surface area contributed by atoms with Crippen molar-refractivity contribution < 1.29 is 4.39 Å². The number of rotatable bonds is 4. The lowest BCUT2D eigenvalue weighted by Crippen LogP contribution is -2.14. The van der Waals surface area contributed by atoms with E-state index in [-0.39, 0.29) is 5.82 Å². The molecular weight excluding hydrogens is 268 g/mol. The summed E-state index contributed by atoms with van der Waals surface area (Å²) in [6.45, 7) is 4.65. The third kappa shape index (κ3) is 3.78. The molecule has 4 heteroatoms. The number of halogens is 3. The Morgan fingerprint density at radius 2 is 2.29 bits per heavy atom. The van der Waals surface area contributed by atoms with Crippen LogP contribution in [-0.4, -0.2) is 6.54 Å². The van der Waals surface area contributed by atoms with Crippen LogP contribution in [0, 0.1) is 5.82 Å². The Morgan fingerprint density at radius 1 is 1.57 bits per heavy atom. The van der Waals surface area contributed by atoms with E-state index in [1.165, 1.54) is 6.07 Å². The molecule has 0 fully saturated rings. The fourth-order valence-corrected chi connectivity index (χ4v) is 1.33. The molecule has 0 saturated heterocycles. The lowest BCUT2D eigenvalue weighted by atomic mass is 10.2. The Hall–Kier alpha value is -0.380. The SMILES string of the molecule is C=C(Cl)CNCc1ccc(Br)c(F)c1. The summed E-state index contributed by atoms with van der Waals surface area (Å²) in [5.41, 5.74) is 0.878. The Kier molecular flexibility index (Phi) is 4.58. The van der Waals surface area contributed by atoms with E-state index in [0.29, 0.717) is 22.6 Å². The zero-order chi connectivity index (χ0) is 10.6. The van der Waals surface area contributed by atoms with Crippen LogP contribution in [-0.2, 0) is 6.54 Å². The Bertz CT molecular complexity index is 341. The molecule has 0 saturated carbocycles. The summed E-state index contributed by atoms with van der Waals surface area (Å²) < 4.78 is 13.5. The van der Waals surface area contributed by atoms with Gasteiger partial charge in [-0.3, -0.25) is 0 Å². The van der Waals surface area contributed by atoms with E-state index in [1.54, 1.807) is 6.07 Å². The van der Waals surface area contributed by atoms with Crippen molar-refractivity contribution in [1.82, 2.24) is 5.32 Å². The number of benzene rings is 1.